The SMILES string of the molecule is NNc1ccc(Cl)c(CN2CCN(C3CC3)CC2)n1. The van der Waals surface area contributed by atoms with Gasteiger partial charge in [-0.2, -0.15) is 0 Å². The molecule has 6 heteroatoms. The number of hydrogen-bond donors (Lipinski definition) is 2. The smallest absolute Gasteiger partial charge is 0.140 e. The van der Waals surface area contributed by atoms with Crippen LogP contribution in [0.3, 0.4) is 0 Å². The van der Waals surface area contributed by atoms with Gasteiger partial charge in [0.25, 0.3) is 0 Å². The normalized spacial score (nSPS) is 21.6. The maximum atomic E-state index is 6.19. The molecule has 1 saturated carbocycles. The second kappa shape index (κ2) is 5.63. The lowest BCUT2D eigenvalue weighted by Crippen LogP contribution is -2.46. The zero-order valence-electron chi connectivity index (χ0n) is 11.0. The van der Waals surface area contributed by atoms with E-state index in [1.54, 1.807) is 6.07 Å². The predicted octanol–water partition coefficient (Wildman–Crippen LogP) is 1.30. The Morgan fingerprint density at radius 1 is 1.26 bits per heavy atom. The van der Waals surface area contributed by atoms with Crippen LogP contribution < -0.4 is 11.3 Å². The van der Waals surface area contributed by atoms with Crippen molar-refractivity contribution in [2.24, 2.45) is 5.84 Å². The highest BCUT2D eigenvalue weighted by atomic mass is 35.5. The summed E-state index contributed by atoms with van der Waals surface area (Å²) < 4.78 is 0. The van der Waals surface area contributed by atoms with Crippen molar-refractivity contribution in [2.45, 2.75) is 25.4 Å². The third-order valence-electron chi connectivity index (χ3n) is 3.91. The standard InChI is InChI=1S/C13H20ClN5/c14-11-3-4-13(17-15)16-12(11)9-18-5-7-19(8-6-18)10-1-2-10/h3-4,10H,1-2,5-9,15H2,(H,16,17). The minimum absolute atomic E-state index is 0.663. The van der Waals surface area contributed by atoms with Gasteiger partial charge in [-0.3, -0.25) is 9.80 Å². The average molecular weight is 282 g/mol. The minimum atomic E-state index is 0.663. The number of rotatable bonds is 4. The van der Waals surface area contributed by atoms with Gasteiger partial charge < -0.3 is 5.43 Å². The first-order valence-electron chi connectivity index (χ1n) is 6.84. The molecule has 2 heterocycles. The van der Waals surface area contributed by atoms with E-state index in [-0.39, 0.29) is 0 Å². The first kappa shape index (κ1) is 13.1. The number of hydrogen-bond acceptors (Lipinski definition) is 5. The van der Waals surface area contributed by atoms with Gasteiger partial charge in [-0.1, -0.05) is 11.6 Å². The van der Waals surface area contributed by atoms with E-state index in [0.717, 1.165) is 44.5 Å². The van der Waals surface area contributed by atoms with Crippen LogP contribution >= 0.6 is 11.6 Å². The molecule has 0 bridgehead atoms. The predicted molar refractivity (Wildman–Crippen MR) is 76.9 cm³/mol. The van der Waals surface area contributed by atoms with Crippen LogP contribution in [0.25, 0.3) is 0 Å². The van der Waals surface area contributed by atoms with Gasteiger partial charge in [0.1, 0.15) is 5.82 Å². The van der Waals surface area contributed by atoms with Crippen molar-refractivity contribution in [3.05, 3.63) is 22.8 Å². The Morgan fingerprint density at radius 3 is 2.63 bits per heavy atom. The van der Waals surface area contributed by atoms with Crippen LogP contribution in [0.4, 0.5) is 5.82 Å². The Morgan fingerprint density at radius 2 is 2.00 bits per heavy atom. The van der Waals surface area contributed by atoms with E-state index in [1.807, 2.05) is 6.07 Å². The van der Waals surface area contributed by atoms with Gasteiger partial charge in [0.05, 0.1) is 10.7 Å². The van der Waals surface area contributed by atoms with Gasteiger partial charge in [-0.15, -0.1) is 0 Å². The molecule has 19 heavy (non-hydrogen) atoms. The molecule has 1 aromatic rings. The van der Waals surface area contributed by atoms with Crippen molar-refractivity contribution >= 4 is 17.4 Å². The molecule has 0 unspecified atom stereocenters. The van der Waals surface area contributed by atoms with Crippen molar-refractivity contribution in [3.63, 3.8) is 0 Å². The van der Waals surface area contributed by atoms with E-state index in [0.29, 0.717) is 10.8 Å². The van der Waals surface area contributed by atoms with E-state index in [2.05, 4.69) is 20.2 Å². The first-order valence-corrected chi connectivity index (χ1v) is 7.22. The Bertz CT molecular complexity index is 441. The number of anilines is 1. The van der Waals surface area contributed by atoms with Crippen molar-refractivity contribution in [1.29, 1.82) is 0 Å². The number of piperazine rings is 1. The van der Waals surface area contributed by atoms with E-state index in [4.69, 9.17) is 17.4 Å². The van der Waals surface area contributed by atoms with Gasteiger partial charge in [-0.25, -0.2) is 10.8 Å². The van der Waals surface area contributed by atoms with Crippen LogP contribution in [-0.4, -0.2) is 47.0 Å². The second-order valence-corrected chi connectivity index (χ2v) is 5.72. The summed E-state index contributed by atoms with van der Waals surface area (Å²) >= 11 is 6.19. The largest absolute Gasteiger partial charge is 0.308 e. The van der Waals surface area contributed by atoms with Gasteiger partial charge in [0.15, 0.2) is 0 Å². The summed E-state index contributed by atoms with van der Waals surface area (Å²) in [7, 11) is 0. The molecule has 1 aromatic heterocycles. The molecule has 2 aliphatic rings. The van der Waals surface area contributed by atoms with E-state index in [9.17, 15) is 0 Å². The number of pyridine rings is 1. The molecule has 3 rings (SSSR count). The van der Waals surface area contributed by atoms with Crippen LogP contribution in [-0.2, 0) is 6.54 Å². The van der Waals surface area contributed by atoms with Crippen LogP contribution in [0.15, 0.2) is 12.1 Å². The summed E-state index contributed by atoms with van der Waals surface area (Å²) in [5.74, 6) is 6.05. The highest BCUT2D eigenvalue weighted by molar-refractivity contribution is 6.31. The van der Waals surface area contributed by atoms with Gasteiger partial charge in [0.2, 0.25) is 0 Å². The summed E-state index contributed by atoms with van der Waals surface area (Å²) in [6.45, 7) is 5.31. The molecule has 5 nitrogen and oxygen atoms in total. The topological polar surface area (TPSA) is 57.4 Å². The van der Waals surface area contributed by atoms with Crippen LogP contribution in [0.5, 0.6) is 0 Å². The zero-order valence-corrected chi connectivity index (χ0v) is 11.7. The summed E-state index contributed by atoms with van der Waals surface area (Å²) in [5.41, 5.74) is 3.47. The molecule has 0 spiro atoms. The molecule has 1 aliphatic carbocycles. The maximum absolute atomic E-state index is 6.19. The molecule has 2 fully saturated rings. The number of nitrogens with two attached hydrogens (primary N) is 1. The molecule has 1 aliphatic heterocycles. The molecule has 0 atom stereocenters. The van der Waals surface area contributed by atoms with Crippen molar-refractivity contribution in [2.75, 3.05) is 31.6 Å². The monoisotopic (exact) mass is 281 g/mol. The maximum Gasteiger partial charge on any atom is 0.140 e. The number of aromatic nitrogens is 1. The van der Waals surface area contributed by atoms with Crippen LogP contribution in [0, 0.1) is 0 Å². The minimum Gasteiger partial charge on any atom is -0.308 e. The second-order valence-electron chi connectivity index (χ2n) is 5.31. The summed E-state index contributed by atoms with van der Waals surface area (Å²) in [5, 5.41) is 0.712. The van der Waals surface area contributed by atoms with Gasteiger partial charge in [-0.05, 0) is 25.0 Å². The summed E-state index contributed by atoms with van der Waals surface area (Å²) in [6.07, 6.45) is 2.77. The lowest BCUT2D eigenvalue weighted by molar-refractivity contribution is 0.120. The Hall–Kier alpha value is -0.880. The lowest BCUT2D eigenvalue weighted by atomic mass is 10.2. The quantitative estimate of drug-likeness (QED) is 0.644. The number of halogens is 1. The van der Waals surface area contributed by atoms with Crippen LogP contribution in [0.1, 0.15) is 18.5 Å². The van der Waals surface area contributed by atoms with Gasteiger partial charge >= 0.3 is 0 Å². The highest BCUT2D eigenvalue weighted by Crippen LogP contribution is 2.28. The molecule has 0 radical (unpaired) electrons. The molecule has 3 N–H and O–H groups in total. The lowest BCUT2D eigenvalue weighted by Gasteiger charge is -2.34. The molecule has 0 aromatic carbocycles. The Balaban J connectivity index is 1.59. The number of nitrogens with zero attached hydrogens (tertiary/aromatic N) is 3. The first-order chi connectivity index (χ1) is 9.26. The molecular weight excluding hydrogens is 262 g/mol. The zero-order chi connectivity index (χ0) is 13.2. The highest BCUT2D eigenvalue weighted by Gasteiger charge is 2.31. The molecular formula is C13H20ClN5. The van der Waals surface area contributed by atoms with Crippen molar-refractivity contribution < 1.29 is 0 Å². The van der Waals surface area contributed by atoms with E-state index >= 15 is 0 Å². The van der Waals surface area contributed by atoms with E-state index < -0.39 is 0 Å². The summed E-state index contributed by atoms with van der Waals surface area (Å²) in [4.78, 5) is 9.44. The van der Waals surface area contributed by atoms with Crippen molar-refractivity contribution in [1.82, 2.24) is 14.8 Å². The van der Waals surface area contributed by atoms with Crippen LogP contribution in [0.2, 0.25) is 5.02 Å². The number of nitrogens with one attached hydrogen (secondary N) is 1. The van der Waals surface area contributed by atoms with Crippen molar-refractivity contribution in [3.8, 4) is 0 Å². The third-order valence-corrected chi connectivity index (χ3v) is 4.25. The average Bonchev–Trinajstić information content (AvgIpc) is 3.27. The van der Waals surface area contributed by atoms with Gasteiger partial charge in [0, 0.05) is 38.8 Å². The third kappa shape index (κ3) is 3.17. The number of nitrogen functional groups attached to an aromatic ring is 1. The molecule has 1 saturated heterocycles. The fraction of sp³-hybridized carbons (Fsp3) is 0.615. The summed E-state index contributed by atoms with van der Waals surface area (Å²) in [6, 6.07) is 4.50. The Kier molecular flexibility index (Phi) is 3.88. The molecule has 104 valence electrons. The molecule has 0 amide bonds. The fourth-order valence-corrected chi connectivity index (χ4v) is 2.78. The Labute approximate surface area is 118 Å². The fourth-order valence-electron chi connectivity index (χ4n) is 2.61. The number of hydrazine groups is 1. The van der Waals surface area contributed by atoms with E-state index in [1.165, 1.54) is 12.8 Å².